The van der Waals surface area contributed by atoms with Crippen molar-refractivity contribution in [3.63, 3.8) is 0 Å². The Morgan fingerprint density at radius 3 is 2.28 bits per heavy atom. The first kappa shape index (κ1) is 18.6. The third-order valence-electron chi connectivity index (χ3n) is 3.34. The van der Waals surface area contributed by atoms with Crippen LogP contribution >= 0.6 is 0 Å². The van der Waals surface area contributed by atoms with E-state index in [1.165, 1.54) is 37.4 Å². The van der Waals surface area contributed by atoms with Gasteiger partial charge in [-0.2, -0.15) is 0 Å². The summed E-state index contributed by atoms with van der Waals surface area (Å²) < 4.78 is 30.8. The Bertz CT molecular complexity index is 876. The lowest BCUT2D eigenvalue weighted by atomic mass is 10.1. The SMILES string of the molecule is CCNS(=O)(=O)c1ccc(C(=O)Nc2ccccc2C(=O)OC)cc1. The summed E-state index contributed by atoms with van der Waals surface area (Å²) in [6.45, 7) is 1.95. The highest BCUT2D eigenvalue weighted by Crippen LogP contribution is 2.18. The van der Waals surface area contributed by atoms with Crippen LogP contribution in [0.5, 0.6) is 0 Å². The van der Waals surface area contributed by atoms with E-state index in [9.17, 15) is 18.0 Å². The molecule has 0 fully saturated rings. The van der Waals surface area contributed by atoms with E-state index in [2.05, 4.69) is 14.8 Å². The number of esters is 1. The fraction of sp³-hybridized carbons (Fsp3) is 0.176. The van der Waals surface area contributed by atoms with Crippen LogP contribution in [0.1, 0.15) is 27.6 Å². The number of hydrogen-bond acceptors (Lipinski definition) is 5. The zero-order chi connectivity index (χ0) is 18.4. The molecule has 2 N–H and O–H groups in total. The largest absolute Gasteiger partial charge is 0.465 e. The molecule has 7 nitrogen and oxygen atoms in total. The van der Waals surface area contributed by atoms with Crippen LogP contribution in [0, 0.1) is 0 Å². The monoisotopic (exact) mass is 362 g/mol. The van der Waals surface area contributed by atoms with Gasteiger partial charge in [-0.25, -0.2) is 17.9 Å². The van der Waals surface area contributed by atoms with Gasteiger partial charge in [-0.05, 0) is 36.4 Å². The summed E-state index contributed by atoms with van der Waals surface area (Å²) in [5, 5.41) is 2.62. The molecule has 0 bridgehead atoms. The van der Waals surface area contributed by atoms with E-state index in [-0.39, 0.29) is 22.6 Å². The van der Waals surface area contributed by atoms with Gasteiger partial charge in [-0.15, -0.1) is 0 Å². The van der Waals surface area contributed by atoms with E-state index in [0.29, 0.717) is 5.69 Å². The predicted octanol–water partition coefficient (Wildman–Crippen LogP) is 2.02. The van der Waals surface area contributed by atoms with Gasteiger partial charge in [0.2, 0.25) is 10.0 Å². The number of para-hydroxylation sites is 1. The van der Waals surface area contributed by atoms with Crippen LogP contribution in [0.25, 0.3) is 0 Å². The van der Waals surface area contributed by atoms with E-state index in [4.69, 9.17) is 0 Å². The quantitative estimate of drug-likeness (QED) is 0.766. The maximum absolute atomic E-state index is 12.3. The number of ether oxygens (including phenoxy) is 1. The fourth-order valence-corrected chi connectivity index (χ4v) is 3.17. The van der Waals surface area contributed by atoms with Crippen LogP contribution in [0.2, 0.25) is 0 Å². The third-order valence-corrected chi connectivity index (χ3v) is 4.90. The molecule has 0 saturated carbocycles. The molecule has 0 aromatic heterocycles. The van der Waals surface area contributed by atoms with E-state index in [0.717, 1.165) is 0 Å². The number of nitrogens with one attached hydrogen (secondary N) is 2. The Morgan fingerprint density at radius 2 is 1.68 bits per heavy atom. The van der Waals surface area contributed by atoms with Gasteiger partial charge in [-0.1, -0.05) is 19.1 Å². The van der Waals surface area contributed by atoms with Crippen LogP contribution in [-0.4, -0.2) is 33.9 Å². The number of carbonyl (C=O) groups excluding carboxylic acids is 2. The lowest BCUT2D eigenvalue weighted by Gasteiger charge is -2.10. The Labute approximate surface area is 146 Å². The van der Waals surface area contributed by atoms with Gasteiger partial charge in [0.25, 0.3) is 5.91 Å². The number of benzene rings is 2. The highest BCUT2D eigenvalue weighted by atomic mass is 32.2. The van der Waals surface area contributed by atoms with Gasteiger partial charge < -0.3 is 10.1 Å². The molecule has 1 amide bonds. The smallest absolute Gasteiger partial charge is 0.339 e. The maximum Gasteiger partial charge on any atom is 0.339 e. The van der Waals surface area contributed by atoms with Gasteiger partial charge in [0.05, 0.1) is 23.3 Å². The van der Waals surface area contributed by atoms with Gasteiger partial charge in [0.15, 0.2) is 0 Å². The first-order valence-corrected chi connectivity index (χ1v) is 8.95. The second-order valence-corrected chi connectivity index (χ2v) is 6.78. The van der Waals surface area contributed by atoms with E-state index in [1.54, 1.807) is 25.1 Å². The number of hydrogen-bond donors (Lipinski definition) is 2. The molecular weight excluding hydrogens is 344 g/mol. The molecule has 0 radical (unpaired) electrons. The molecule has 2 aromatic carbocycles. The standard InChI is InChI=1S/C17H18N2O5S/c1-3-18-25(22,23)13-10-8-12(9-11-13)16(20)19-15-7-5-4-6-14(15)17(21)24-2/h4-11,18H,3H2,1-2H3,(H,19,20). The van der Waals surface area contributed by atoms with Crippen molar-refractivity contribution in [2.24, 2.45) is 0 Å². The Hall–Kier alpha value is -2.71. The molecule has 2 aromatic rings. The first-order chi connectivity index (χ1) is 11.9. The summed E-state index contributed by atoms with van der Waals surface area (Å²) in [5.41, 5.74) is 0.795. The van der Waals surface area contributed by atoms with Crippen molar-refractivity contribution in [3.05, 3.63) is 59.7 Å². The molecule has 0 heterocycles. The predicted molar refractivity (Wildman–Crippen MR) is 93.0 cm³/mol. The molecule has 0 aliphatic heterocycles. The zero-order valence-electron chi connectivity index (χ0n) is 13.8. The third kappa shape index (κ3) is 4.43. The Morgan fingerprint density at radius 1 is 1.04 bits per heavy atom. The molecule has 8 heteroatoms. The summed E-state index contributed by atoms with van der Waals surface area (Å²) in [6.07, 6.45) is 0. The van der Waals surface area contributed by atoms with Gasteiger partial charge >= 0.3 is 5.97 Å². The lowest BCUT2D eigenvalue weighted by molar-refractivity contribution is 0.0602. The van der Waals surface area contributed by atoms with E-state index >= 15 is 0 Å². The second kappa shape index (κ2) is 7.91. The molecular formula is C17H18N2O5S. The Kier molecular flexibility index (Phi) is 5.89. The molecule has 0 unspecified atom stereocenters. The summed E-state index contributed by atoms with van der Waals surface area (Å²) in [4.78, 5) is 24.1. The van der Waals surface area contributed by atoms with Crippen LogP contribution in [-0.2, 0) is 14.8 Å². The first-order valence-electron chi connectivity index (χ1n) is 7.47. The number of methoxy groups -OCH3 is 1. The van der Waals surface area contributed by atoms with Crippen LogP contribution in [0.4, 0.5) is 5.69 Å². The average Bonchev–Trinajstić information content (AvgIpc) is 2.61. The second-order valence-electron chi connectivity index (χ2n) is 5.02. The van der Waals surface area contributed by atoms with Crippen molar-refractivity contribution in [1.29, 1.82) is 0 Å². The van der Waals surface area contributed by atoms with E-state index < -0.39 is 21.9 Å². The average molecular weight is 362 g/mol. The molecule has 0 aliphatic rings. The van der Waals surface area contributed by atoms with Crippen molar-refractivity contribution < 1.29 is 22.7 Å². The molecule has 132 valence electrons. The molecule has 0 aliphatic carbocycles. The zero-order valence-corrected chi connectivity index (χ0v) is 14.6. The normalized spacial score (nSPS) is 11.0. The number of carbonyl (C=O) groups is 2. The minimum absolute atomic E-state index is 0.0702. The van der Waals surface area contributed by atoms with Crippen LogP contribution in [0.15, 0.2) is 53.4 Å². The van der Waals surface area contributed by atoms with Crippen molar-refractivity contribution in [1.82, 2.24) is 4.72 Å². The summed E-state index contributed by atoms with van der Waals surface area (Å²) in [6, 6.07) is 11.9. The molecule has 2 rings (SSSR count). The molecule has 25 heavy (non-hydrogen) atoms. The highest BCUT2D eigenvalue weighted by molar-refractivity contribution is 7.89. The van der Waals surface area contributed by atoms with E-state index in [1.807, 2.05) is 0 Å². The van der Waals surface area contributed by atoms with Crippen LogP contribution in [0.3, 0.4) is 0 Å². The number of amides is 1. The number of sulfonamides is 1. The summed E-state index contributed by atoms with van der Waals surface area (Å²) in [5.74, 6) is -1.04. The molecule has 0 saturated heterocycles. The minimum Gasteiger partial charge on any atom is -0.465 e. The summed E-state index contributed by atoms with van der Waals surface area (Å²) in [7, 11) is -2.32. The van der Waals surface area contributed by atoms with Crippen LogP contribution < -0.4 is 10.0 Å². The molecule has 0 atom stereocenters. The minimum atomic E-state index is -3.58. The van der Waals surface area contributed by atoms with Gasteiger partial charge in [0.1, 0.15) is 0 Å². The number of anilines is 1. The van der Waals surface area contributed by atoms with Crippen molar-refractivity contribution >= 4 is 27.6 Å². The lowest BCUT2D eigenvalue weighted by Crippen LogP contribution is -2.23. The van der Waals surface area contributed by atoms with Gasteiger partial charge in [0, 0.05) is 12.1 Å². The highest BCUT2D eigenvalue weighted by Gasteiger charge is 2.16. The maximum atomic E-state index is 12.3. The van der Waals surface area contributed by atoms with Gasteiger partial charge in [-0.3, -0.25) is 4.79 Å². The topological polar surface area (TPSA) is 102 Å². The fourth-order valence-electron chi connectivity index (χ4n) is 2.13. The summed E-state index contributed by atoms with van der Waals surface area (Å²) >= 11 is 0. The van der Waals surface area contributed by atoms with Crippen molar-refractivity contribution in [2.75, 3.05) is 19.0 Å². The van der Waals surface area contributed by atoms with Crippen molar-refractivity contribution in [2.45, 2.75) is 11.8 Å². The number of rotatable bonds is 6. The van der Waals surface area contributed by atoms with Crippen molar-refractivity contribution in [3.8, 4) is 0 Å². The molecule has 0 spiro atoms. The Balaban J connectivity index is 2.22.